The van der Waals surface area contributed by atoms with Gasteiger partial charge in [0.1, 0.15) is 8.80 Å². The van der Waals surface area contributed by atoms with E-state index in [0.717, 1.165) is 6.42 Å². The molecule has 0 unspecified atom stereocenters. The van der Waals surface area contributed by atoms with Crippen LogP contribution in [-0.4, -0.2) is 8.80 Å². The Morgan fingerprint density at radius 1 is 0.621 bits per heavy atom. The minimum atomic E-state index is -1.55. The molecule has 0 aliphatic heterocycles. The molecule has 0 bridgehead atoms. The summed E-state index contributed by atoms with van der Waals surface area (Å²) in [6, 6.07) is 25.3. The monoisotopic (exact) mass is 394 g/mol. The normalized spacial score (nSPS) is 13.9. The van der Waals surface area contributed by atoms with Crippen molar-refractivity contribution in [1.82, 2.24) is 0 Å². The van der Waals surface area contributed by atoms with Crippen molar-refractivity contribution in [1.29, 1.82) is 0 Å². The number of rotatable bonds is 4. The Balaban J connectivity index is 1.97. The van der Waals surface area contributed by atoms with Gasteiger partial charge in [0, 0.05) is 0 Å². The number of benzene rings is 3. The number of aryl methyl sites for hydroxylation is 4. The molecule has 0 radical (unpaired) electrons. The topological polar surface area (TPSA) is 0 Å². The summed E-state index contributed by atoms with van der Waals surface area (Å²) in [5.74, 6) is 0. The van der Waals surface area contributed by atoms with Crippen LogP contribution < -0.4 is 10.4 Å². The molecule has 3 aromatic rings. The summed E-state index contributed by atoms with van der Waals surface area (Å²) in [7, 11) is -1.55. The first-order valence-corrected chi connectivity index (χ1v) is 12.3. The first kappa shape index (κ1) is 19.7. The van der Waals surface area contributed by atoms with Crippen molar-refractivity contribution in [3.63, 3.8) is 0 Å². The van der Waals surface area contributed by atoms with Crippen molar-refractivity contribution in [3.8, 4) is 0 Å². The number of allylic oxidation sites excluding steroid dienone is 4. The lowest BCUT2D eigenvalue weighted by molar-refractivity contribution is 1.22. The van der Waals surface area contributed by atoms with Crippen LogP contribution in [0.15, 0.2) is 83.6 Å². The molecule has 1 aliphatic rings. The smallest absolute Gasteiger partial charge is 0.0690 e. The van der Waals surface area contributed by atoms with Gasteiger partial charge in [-0.1, -0.05) is 116 Å². The van der Waals surface area contributed by atoms with Crippen LogP contribution in [0.5, 0.6) is 0 Å². The van der Waals surface area contributed by atoms with Crippen molar-refractivity contribution >= 4 is 24.7 Å². The van der Waals surface area contributed by atoms with Gasteiger partial charge in [0.05, 0.1) is 0 Å². The highest BCUT2D eigenvalue weighted by Gasteiger charge is 2.28. The van der Waals surface area contributed by atoms with E-state index in [-0.39, 0.29) is 0 Å². The Morgan fingerprint density at radius 3 is 1.59 bits per heavy atom. The van der Waals surface area contributed by atoms with Gasteiger partial charge in [0.2, 0.25) is 0 Å². The molecule has 1 aliphatic carbocycles. The average molecular weight is 395 g/mol. The summed E-state index contributed by atoms with van der Waals surface area (Å²) < 4.78 is 0. The third kappa shape index (κ3) is 4.20. The van der Waals surface area contributed by atoms with E-state index in [4.69, 9.17) is 0 Å². The Morgan fingerprint density at radius 2 is 1.10 bits per heavy atom. The van der Waals surface area contributed by atoms with Crippen LogP contribution in [0.4, 0.5) is 0 Å². The molecule has 0 heterocycles. The highest BCUT2D eigenvalue weighted by atomic mass is 28.3. The second-order valence-electron chi connectivity index (χ2n) is 8.75. The maximum atomic E-state index is 2.44. The summed E-state index contributed by atoms with van der Waals surface area (Å²) in [4.78, 5) is 0. The largest absolute Gasteiger partial charge is 0.129 e. The molecular weight excluding hydrogens is 364 g/mol. The lowest BCUT2D eigenvalue weighted by Crippen LogP contribution is -2.45. The fourth-order valence-electron chi connectivity index (χ4n) is 4.88. The summed E-state index contributed by atoms with van der Waals surface area (Å²) in [5.41, 5.74) is 9.75. The second-order valence-corrected chi connectivity index (χ2v) is 11.6. The van der Waals surface area contributed by atoms with E-state index >= 15 is 0 Å². The van der Waals surface area contributed by atoms with Crippen LogP contribution in [-0.2, 0) is 0 Å². The molecule has 29 heavy (non-hydrogen) atoms. The average Bonchev–Trinajstić information content (AvgIpc) is 3.02. The summed E-state index contributed by atoms with van der Waals surface area (Å²) in [5, 5.41) is 4.74. The van der Waals surface area contributed by atoms with Crippen LogP contribution in [0.25, 0.3) is 5.57 Å². The molecule has 0 amide bonds. The van der Waals surface area contributed by atoms with E-state index in [0.29, 0.717) is 0 Å². The predicted molar refractivity (Wildman–Crippen MR) is 130 cm³/mol. The number of hydrogen-bond acceptors (Lipinski definition) is 0. The standard InChI is InChI=1S/C28H30Si/c1-19-11-20(2)14-25(13-19)29(26-15-21(3)12-22(4)16-26)28-18-23(5)17-27(28)24-9-7-6-8-10-24/h6-17,29H,18H2,1-5H3. The van der Waals surface area contributed by atoms with Crippen molar-refractivity contribution in [2.75, 3.05) is 0 Å². The highest BCUT2D eigenvalue weighted by molar-refractivity contribution is 6.91. The third-order valence-electron chi connectivity index (χ3n) is 5.79. The van der Waals surface area contributed by atoms with Gasteiger partial charge in [-0.25, -0.2) is 0 Å². The number of hydrogen-bond donors (Lipinski definition) is 0. The van der Waals surface area contributed by atoms with E-state index in [9.17, 15) is 0 Å². The Labute approximate surface area is 177 Å². The Kier molecular flexibility index (Phi) is 5.43. The van der Waals surface area contributed by atoms with Crippen molar-refractivity contribution < 1.29 is 0 Å². The van der Waals surface area contributed by atoms with E-state index in [1.807, 2.05) is 0 Å². The summed E-state index contributed by atoms with van der Waals surface area (Å²) >= 11 is 0. The molecule has 0 nitrogen and oxygen atoms in total. The molecule has 0 N–H and O–H groups in total. The zero-order valence-electron chi connectivity index (χ0n) is 18.2. The lowest BCUT2D eigenvalue weighted by atomic mass is 10.1. The van der Waals surface area contributed by atoms with Gasteiger partial charge in [-0.3, -0.25) is 0 Å². The summed E-state index contributed by atoms with van der Waals surface area (Å²) in [6.07, 6.45) is 3.52. The lowest BCUT2D eigenvalue weighted by Gasteiger charge is -2.23. The summed E-state index contributed by atoms with van der Waals surface area (Å²) in [6.45, 7) is 11.2. The van der Waals surface area contributed by atoms with Crippen LogP contribution in [0.1, 0.15) is 41.2 Å². The van der Waals surface area contributed by atoms with Crippen LogP contribution in [0.3, 0.4) is 0 Å². The fraction of sp³-hybridized carbons (Fsp3) is 0.214. The van der Waals surface area contributed by atoms with Gasteiger partial charge >= 0.3 is 0 Å². The second kappa shape index (κ2) is 8.00. The van der Waals surface area contributed by atoms with E-state index in [1.54, 1.807) is 15.6 Å². The molecule has 146 valence electrons. The Hall–Kier alpha value is -2.64. The Bertz CT molecular complexity index is 1020. The minimum Gasteiger partial charge on any atom is -0.0690 e. The molecule has 0 saturated heterocycles. The molecule has 0 atom stereocenters. The third-order valence-corrected chi connectivity index (χ3v) is 9.01. The zero-order valence-corrected chi connectivity index (χ0v) is 19.4. The van der Waals surface area contributed by atoms with Crippen molar-refractivity contribution in [2.24, 2.45) is 0 Å². The van der Waals surface area contributed by atoms with Crippen LogP contribution in [0, 0.1) is 27.7 Å². The van der Waals surface area contributed by atoms with Gasteiger partial charge in [-0.2, -0.15) is 0 Å². The van der Waals surface area contributed by atoms with Crippen LogP contribution >= 0.6 is 0 Å². The van der Waals surface area contributed by atoms with Crippen molar-refractivity contribution in [2.45, 2.75) is 41.0 Å². The maximum Gasteiger partial charge on any atom is 0.129 e. The van der Waals surface area contributed by atoms with Gasteiger partial charge in [0.15, 0.2) is 0 Å². The quantitative estimate of drug-likeness (QED) is 0.505. The SMILES string of the molecule is CC1=CC(c2ccccc2)=C([SiH](c2cc(C)cc(C)c2)c2cc(C)cc(C)c2)C1. The van der Waals surface area contributed by atoms with Gasteiger partial charge in [-0.15, -0.1) is 0 Å². The zero-order chi connectivity index (χ0) is 20.5. The molecule has 4 rings (SSSR count). The van der Waals surface area contributed by atoms with Crippen molar-refractivity contribution in [3.05, 3.63) is 111 Å². The van der Waals surface area contributed by atoms with Gasteiger partial charge in [-0.05, 0) is 52.2 Å². The molecule has 0 aromatic heterocycles. The first-order chi connectivity index (χ1) is 13.9. The molecule has 0 spiro atoms. The predicted octanol–water partition coefficient (Wildman–Crippen LogP) is 5.60. The van der Waals surface area contributed by atoms with Gasteiger partial charge in [0.25, 0.3) is 0 Å². The molecule has 0 fully saturated rings. The molecule has 3 aromatic carbocycles. The van der Waals surface area contributed by atoms with E-state index < -0.39 is 8.80 Å². The fourth-order valence-corrected chi connectivity index (χ4v) is 8.87. The van der Waals surface area contributed by atoms with Gasteiger partial charge < -0.3 is 0 Å². The molecule has 0 saturated carbocycles. The molecule has 1 heteroatoms. The van der Waals surface area contributed by atoms with Crippen LogP contribution in [0.2, 0.25) is 0 Å². The minimum absolute atomic E-state index is 1.10. The van der Waals surface area contributed by atoms with E-state index in [2.05, 4.69) is 107 Å². The highest BCUT2D eigenvalue weighted by Crippen LogP contribution is 2.34. The molecular formula is C28H30Si. The maximum absolute atomic E-state index is 2.44. The van der Waals surface area contributed by atoms with E-state index in [1.165, 1.54) is 39.0 Å². The first-order valence-electron chi connectivity index (χ1n) is 10.5.